The maximum absolute atomic E-state index is 13.2. The molecule has 1 saturated heterocycles. The lowest BCUT2D eigenvalue weighted by Gasteiger charge is -2.27. The highest BCUT2D eigenvalue weighted by molar-refractivity contribution is 6.25. The summed E-state index contributed by atoms with van der Waals surface area (Å²) in [6, 6.07) is 10.8. The molecule has 216 valence electrons. The topological polar surface area (TPSA) is 180 Å². The molecule has 2 unspecified atom stereocenters. The molecule has 13 heteroatoms. The first-order valence-electron chi connectivity index (χ1n) is 13.4. The molecule has 0 spiro atoms. The SMILES string of the molecule is CC(NC(=O)O)c1ccc(-c2ncc(OCCCNc3cccc4c3C(=O)N(C3CCC(=O)NC3=O)C4=O)cn2)cc1. The van der Waals surface area contributed by atoms with Gasteiger partial charge in [-0.15, -0.1) is 0 Å². The van der Waals surface area contributed by atoms with Crippen LogP contribution in [0.15, 0.2) is 54.9 Å². The number of carbonyl (C=O) groups excluding carboxylic acids is 4. The zero-order valence-electron chi connectivity index (χ0n) is 22.6. The molecule has 4 N–H and O–H groups in total. The van der Waals surface area contributed by atoms with Crippen LogP contribution in [0.5, 0.6) is 5.75 Å². The minimum Gasteiger partial charge on any atom is -0.490 e. The molecule has 0 radical (unpaired) electrons. The molecule has 1 fully saturated rings. The van der Waals surface area contributed by atoms with Gasteiger partial charge in [-0.1, -0.05) is 30.3 Å². The molecular formula is C29H28N6O7. The van der Waals surface area contributed by atoms with Crippen molar-refractivity contribution in [2.75, 3.05) is 18.5 Å². The van der Waals surface area contributed by atoms with Gasteiger partial charge in [0.1, 0.15) is 6.04 Å². The van der Waals surface area contributed by atoms with Crippen molar-refractivity contribution in [3.8, 4) is 17.1 Å². The minimum atomic E-state index is -1.09. The zero-order valence-corrected chi connectivity index (χ0v) is 22.6. The molecule has 2 aliphatic heterocycles. The maximum atomic E-state index is 13.2. The molecule has 2 aromatic carbocycles. The summed E-state index contributed by atoms with van der Waals surface area (Å²) in [6.07, 6.45) is 2.76. The predicted octanol–water partition coefficient (Wildman–Crippen LogP) is 2.75. The predicted molar refractivity (Wildman–Crippen MR) is 149 cm³/mol. The smallest absolute Gasteiger partial charge is 0.405 e. The quantitative estimate of drug-likeness (QED) is 0.208. The van der Waals surface area contributed by atoms with Crippen molar-refractivity contribution in [1.82, 2.24) is 25.5 Å². The highest BCUT2D eigenvalue weighted by Gasteiger charge is 2.45. The third kappa shape index (κ3) is 5.89. The van der Waals surface area contributed by atoms with E-state index in [0.717, 1.165) is 16.0 Å². The van der Waals surface area contributed by atoms with Gasteiger partial charge in [0.2, 0.25) is 11.8 Å². The maximum Gasteiger partial charge on any atom is 0.405 e. The van der Waals surface area contributed by atoms with Gasteiger partial charge in [-0.3, -0.25) is 29.4 Å². The van der Waals surface area contributed by atoms with Gasteiger partial charge in [-0.2, -0.15) is 0 Å². The Balaban J connectivity index is 1.12. The van der Waals surface area contributed by atoms with Crippen LogP contribution in [0.3, 0.4) is 0 Å². The molecule has 13 nitrogen and oxygen atoms in total. The number of amides is 5. The molecule has 5 amide bonds. The van der Waals surface area contributed by atoms with Gasteiger partial charge in [0.25, 0.3) is 11.8 Å². The Labute approximate surface area is 240 Å². The number of carbonyl (C=O) groups is 5. The second-order valence-corrected chi connectivity index (χ2v) is 9.84. The fourth-order valence-corrected chi connectivity index (χ4v) is 4.88. The second-order valence-electron chi connectivity index (χ2n) is 9.84. The summed E-state index contributed by atoms with van der Waals surface area (Å²) in [4.78, 5) is 70.4. The van der Waals surface area contributed by atoms with E-state index in [1.807, 2.05) is 24.3 Å². The van der Waals surface area contributed by atoms with Gasteiger partial charge in [0.15, 0.2) is 11.6 Å². The number of imide groups is 2. The number of hydrogen-bond acceptors (Lipinski definition) is 9. The Hall–Kier alpha value is -5.33. The number of benzene rings is 2. The summed E-state index contributed by atoms with van der Waals surface area (Å²) >= 11 is 0. The van der Waals surface area contributed by atoms with Crippen LogP contribution in [-0.2, 0) is 9.59 Å². The van der Waals surface area contributed by atoms with Crippen LogP contribution < -0.4 is 20.7 Å². The first-order chi connectivity index (χ1) is 20.2. The Morgan fingerprint density at radius 1 is 1.10 bits per heavy atom. The van der Waals surface area contributed by atoms with Gasteiger partial charge in [0.05, 0.1) is 36.2 Å². The monoisotopic (exact) mass is 572 g/mol. The third-order valence-corrected chi connectivity index (χ3v) is 7.01. The average Bonchev–Trinajstić information content (AvgIpc) is 3.23. The lowest BCUT2D eigenvalue weighted by atomic mass is 10.0. The summed E-state index contributed by atoms with van der Waals surface area (Å²) in [5, 5.41) is 16.6. The van der Waals surface area contributed by atoms with E-state index in [1.54, 1.807) is 37.5 Å². The number of anilines is 1. The highest BCUT2D eigenvalue weighted by Crippen LogP contribution is 2.32. The number of nitrogens with one attached hydrogen (secondary N) is 3. The first-order valence-corrected chi connectivity index (χ1v) is 13.4. The summed E-state index contributed by atoms with van der Waals surface area (Å²) in [5.41, 5.74) is 2.49. The van der Waals surface area contributed by atoms with Gasteiger partial charge in [-0.25, -0.2) is 14.8 Å². The van der Waals surface area contributed by atoms with Crippen LogP contribution in [0.1, 0.15) is 58.5 Å². The summed E-state index contributed by atoms with van der Waals surface area (Å²) in [6.45, 7) is 2.53. The number of hydrogen-bond donors (Lipinski definition) is 4. The van der Waals surface area contributed by atoms with Gasteiger partial charge in [-0.05, 0) is 37.5 Å². The number of carboxylic acid groups (broad SMARTS) is 1. The van der Waals surface area contributed by atoms with E-state index in [1.165, 1.54) is 0 Å². The molecule has 0 saturated carbocycles. The van der Waals surface area contributed by atoms with E-state index in [-0.39, 0.29) is 30.0 Å². The number of aromatic nitrogens is 2. The standard InChI is InChI=1S/C29H28N6O7/c1-16(33-29(40)41)17-6-8-18(9-7-17)25-31-14-19(15-32-25)42-13-3-12-30-21-5-2-4-20-24(21)28(39)35(27(20)38)22-10-11-23(36)34-26(22)37/h2,4-9,14-16,22,30,33H,3,10-13H2,1H3,(H,40,41)(H,34,36,37). The number of fused-ring (bicyclic) bond motifs is 1. The van der Waals surface area contributed by atoms with Gasteiger partial charge < -0.3 is 20.5 Å². The molecule has 1 aromatic heterocycles. The lowest BCUT2D eigenvalue weighted by molar-refractivity contribution is -0.136. The van der Waals surface area contributed by atoms with E-state index in [4.69, 9.17) is 9.84 Å². The molecule has 2 atom stereocenters. The van der Waals surface area contributed by atoms with Crippen molar-refractivity contribution in [1.29, 1.82) is 0 Å². The van der Waals surface area contributed by atoms with Crippen molar-refractivity contribution in [3.05, 3.63) is 71.5 Å². The van der Waals surface area contributed by atoms with E-state index in [2.05, 4.69) is 25.9 Å². The van der Waals surface area contributed by atoms with Crippen LogP contribution in [0, 0.1) is 0 Å². The molecule has 5 rings (SSSR count). The molecule has 42 heavy (non-hydrogen) atoms. The lowest BCUT2D eigenvalue weighted by Crippen LogP contribution is -2.54. The average molecular weight is 573 g/mol. The fraction of sp³-hybridized carbons (Fsp3) is 0.276. The van der Waals surface area contributed by atoms with Gasteiger partial charge >= 0.3 is 6.09 Å². The van der Waals surface area contributed by atoms with Crippen molar-refractivity contribution in [2.24, 2.45) is 0 Å². The van der Waals surface area contributed by atoms with Crippen LogP contribution in [0.4, 0.5) is 10.5 Å². The van der Waals surface area contributed by atoms with Crippen LogP contribution in [0.25, 0.3) is 11.4 Å². The molecule has 3 heterocycles. The zero-order chi connectivity index (χ0) is 29.8. The number of rotatable bonds is 10. The van der Waals surface area contributed by atoms with E-state index in [9.17, 15) is 24.0 Å². The minimum absolute atomic E-state index is 0.0588. The Morgan fingerprint density at radius 2 is 1.83 bits per heavy atom. The Kier molecular flexibility index (Phi) is 8.09. The molecule has 2 aliphatic rings. The van der Waals surface area contributed by atoms with Crippen molar-refractivity contribution < 1.29 is 33.8 Å². The third-order valence-electron chi connectivity index (χ3n) is 7.01. The van der Waals surface area contributed by atoms with Gasteiger partial charge in [0, 0.05) is 24.2 Å². The number of nitrogens with zero attached hydrogens (tertiary/aromatic N) is 3. The van der Waals surface area contributed by atoms with Crippen LogP contribution >= 0.6 is 0 Å². The summed E-state index contributed by atoms with van der Waals surface area (Å²) in [7, 11) is 0. The Morgan fingerprint density at radius 3 is 2.52 bits per heavy atom. The largest absolute Gasteiger partial charge is 0.490 e. The van der Waals surface area contributed by atoms with E-state index in [0.29, 0.717) is 36.8 Å². The van der Waals surface area contributed by atoms with Crippen LogP contribution in [0.2, 0.25) is 0 Å². The second kappa shape index (κ2) is 12.0. The normalized spacial score (nSPS) is 17.0. The van der Waals surface area contributed by atoms with E-state index >= 15 is 0 Å². The number of ether oxygens (including phenoxy) is 1. The van der Waals surface area contributed by atoms with Crippen LogP contribution in [-0.4, -0.2) is 68.9 Å². The molecule has 0 bridgehead atoms. The fourth-order valence-electron chi connectivity index (χ4n) is 4.88. The molecule has 0 aliphatic carbocycles. The molecular weight excluding hydrogens is 544 g/mol. The molecule has 3 aromatic rings. The van der Waals surface area contributed by atoms with Crippen molar-refractivity contribution in [2.45, 2.75) is 38.3 Å². The van der Waals surface area contributed by atoms with Crippen molar-refractivity contribution in [3.63, 3.8) is 0 Å². The number of piperidine rings is 1. The highest BCUT2D eigenvalue weighted by atomic mass is 16.5. The van der Waals surface area contributed by atoms with Crippen molar-refractivity contribution >= 4 is 35.4 Å². The Bertz CT molecular complexity index is 1540. The summed E-state index contributed by atoms with van der Waals surface area (Å²) in [5.74, 6) is -1.22. The van der Waals surface area contributed by atoms with E-state index < -0.39 is 35.8 Å². The summed E-state index contributed by atoms with van der Waals surface area (Å²) < 4.78 is 5.74. The first kappa shape index (κ1) is 28.2.